The standard InChI is InChI=1S/C16H27N3/c1-4-9-19-10-7-15(8-11-19)14(3)18-16-6-5-13(2)17-12-16/h5-6,12,14-15,18H,4,7-11H2,1-3H3. The molecule has 1 unspecified atom stereocenters. The number of nitrogens with zero attached hydrogens (tertiary/aromatic N) is 2. The summed E-state index contributed by atoms with van der Waals surface area (Å²) in [6, 6.07) is 4.73. The van der Waals surface area contributed by atoms with Gasteiger partial charge >= 0.3 is 0 Å². The monoisotopic (exact) mass is 261 g/mol. The molecule has 1 atom stereocenters. The van der Waals surface area contributed by atoms with Gasteiger partial charge in [-0.2, -0.15) is 0 Å². The van der Waals surface area contributed by atoms with Gasteiger partial charge in [0, 0.05) is 11.7 Å². The summed E-state index contributed by atoms with van der Waals surface area (Å²) >= 11 is 0. The van der Waals surface area contributed by atoms with Crippen LogP contribution in [0.5, 0.6) is 0 Å². The van der Waals surface area contributed by atoms with Gasteiger partial charge in [-0.25, -0.2) is 0 Å². The molecule has 1 aromatic rings. The van der Waals surface area contributed by atoms with E-state index in [1.165, 1.54) is 38.9 Å². The first kappa shape index (κ1) is 14.3. The van der Waals surface area contributed by atoms with Gasteiger partial charge in [-0.3, -0.25) is 4.98 Å². The Morgan fingerprint density at radius 3 is 2.68 bits per heavy atom. The molecule has 1 aliphatic heterocycles. The highest BCUT2D eigenvalue weighted by atomic mass is 15.1. The second kappa shape index (κ2) is 6.90. The largest absolute Gasteiger partial charge is 0.381 e. The maximum atomic E-state index is 4.34. The van der Waals surface area contributed by atoms with Crippen LogP contribution in [0.3, 0.4) is 0 Å². The number of likely N-dealkylation sites (tertiary alicyclic amines) is 1. The van der Waals surface area contributed by atoms with Crippen molar-refractivity contribution in [1.29, 1.82) is 0 Å². The Bertz CT molecular complexity index is 366. The van der Waals surface area contributed by atoms with Crippen molar-refractivity contribution < 1.29 is 0 Å². The summed E-state index contributed by atoms with van der Waals surface area (Å²) in [5.41, 5.74) is 2.22. The Balaban J connectivity index is 1.81. The molecule has 2 rings (SSSR count). The fraction of sp³-hybridized carbons (Fsp3) is 0.688. The number of hydrogen-bond acceptors (Lipinski definition) is 3. The lowest BCUT2D eigenvalue weighted by Gasteiger charge is -2.35. The predicted molar refractivity (Wildman–Crippen MR) is 81.5 cm³/mol. The molecule has 3 nitrogen and oxygen atoms in total. The van der Waals surface area contributed by atoms with Crippen LogP contribution in [0.25, 0.3) is 0 Å². The van der Waals surface area contributed by atoms with E-state index in [0.717, 1.165) is 17.3 Å². The van der Waals surface area contributed by atoms with Crippen molar-refractivity contribution in [3.63, 3.8) is 0 Å². The highest BCUT2D eigenvalue weighted by Crippen LogP contribution is 2.23. The second-order valence-corrected chi connectivity index (χ2v) is 5.80. The molecule has 1 aliphatic rings. The molecule has 106 valence electrons. The van der Waals surface area contributed by atoms with Crippen molar-refractivity contribution in [1.82, 2.24) is 9.88 Å². The number of anilines is 1. The van der Waals surface area contributed by atoms with Gasteiger partial charge in [0.1, 0.15) is 0 Å². The smallest absolute Gasteiger partial charge is 0.0529 e. The van der Waals surface area contributed by atoms with E-state index in [9.17, 15) is 0 Å². The van der Waals surface area contributed by atoms with E-state index in [2.05, 4.69) is 41.2 Å². The summed E-state index contributed by atoms with van der Waals surface area (Å²) in [6.07, 6.45) is 5.84. The number of nitrogens with one attached hydrogen (secondary N) is 1. The minimum Gasteiger partial charge on any atom is -0.381 e. The minimum atomic E-state index is 0.535. The Labute approximate surface area is 117 Å². The number of aromatic nitrogens is 1. The zero-order chi connectivity index (χ0) is 13.7. The van der Waals surface area contributed by atoms with E-state index in [-0.39, 0.29) is 0 Å². The van der Waals surface area contributed by atoms with Crippen molar-refractivity contribution in [3.8, 4) is 0 Å². The molecule has 0 saturated carbocycles. The molecule has 0 radical (unpaired) electrons. The number of pyridine rings is 1. The van der Waals surface area contributed by atoms with E-state index in [1.807, 2.05) is 13.1 Å². The molecule has 0 spiro atoms. The second-order valence-electron chi connectivity index (χ2n) is 5.80. The molecule has 0 aromatic carbocycles. The molecular formula is C16H27N3. The third-order valence-electron chi connectivity index (χ3n) is 4.18. The van der Waals surface area contributed by atoms with Crippen LogP contribution >= 0.6 is 0 Å². The predicted octanol–water partition coefficient (Wildman–Crippen LogP) is 3.31. The molecule has 2 heterocycles. The van der Waals surface area contributed by atoms with E-state index in [1.54, 1.807) is 0 Å². The van der Waals surface area contributed by atoms with Crippen molar-refractivity contribution >= 4 is 5.69 Å². The summed E-state index contributed by atoms with van der Waals surface area (Å²) in [5.74, 6) is 0.786. The van der Waals surface area contributed by atoms with Crippen molar-refractivity contribution in [2.75, 3.05) is 25.0 Å². The lowest BCUT2D eigenvalue weighted by Crippen LogP contribution is -2.39. The quantitative estimate of drug-likeness (QED) is 0.881. The number of aryl methyl sites for hydroxylation is 1. The van der Waals surface area contributed by atoms with Gasteiger partial charge in [0.2, 0.25) is 0 Å². The van der Waals surface area contributed by atoms with E-state index >= 15 is 0 Å². The highest BCUT2D eigenvalue weighted by Gasteiger charge is 2.23. The van der Waals surface area contributed by atoms with Crippen molar-refractivity contribution in [2.45, 2.75) is 46.1 Å². The van der Waals surface area contributed by atoms with Crippen LogP contribution in [-0.2, 0) is 0 Å². The fourth-order valence-corrected chi connectivity index (χ4v) is 2.93. The van der Waals surface area contributed by atoms with Gasteiger partial charge in [0.05, 0.1) is 11.9 Å². The molecule has 19 heavy (non-hydrogen) atoms. The fourth-order valence-electron chi connectivity index (χ4n) is 2.93. The topological polar surface area (TPSA) is 28.2 Å². The molecule has 1 aromatic heterocycles. The van der Waals surface area contributed by atoms with Crippen molar-refractivity contribution in [3.05, 3.63) is 24.0 Å². The van der Waals surface area contributed by atoms with E-state index in [0.29, 0.717) is 6.04 Å². The number of rotatable bonds is 5. The van der Waals surface area contributed by atoms with Gasteiger partial charge in [-0.05, 0) is 70.8 Å². The first-order chi connectivity index (χ1) is 9.19. The summed E-state index contributed by atoms with van der Waals surface area (Å²) in [7, 11) is 0. The van der Waals surface area contributed by atoms with Crippen molar-refractivity contribution in [2.24, 2.45) is 5.92 Å². The van der Waals surface area contributed by atoms with Gasteiger partial charge in [0.15, 0.2) is 0 Å². The molecule has 3 heteroatoms. The average molecular weight is 261 g/mol. The summed E-state index contributed by atoms with van der Waals surface area (Å²) in [4.78, 5) is 6.94. The summed E-state index contributed by atoms with van der Waals surface area (Å²) in [6.45, 7) is 10.4. The van der Waals surface area contributed by atoms with Gasteiger partial charge in [-0.15, -0.1) is 0 Å². The van der Waals surface area contributed by atoms with Crippen LogP contribution in [0.15, 0.2) is 18.3 Å². The van der Waals surface area contributed by atoms with Gasteiger partial charge in [-0.1, -0.05) is 6.92 Å². The first-order valence-corrected chi connectivity index (χ1v) is 7.60. The SMILES string of the molecule is CCCN1CCC(C(C)Nc2ccc(C)nc2)CC1. The van der Waals surface area contributed by atoms with Crippen LogP contribution < -0.4 is 5.32 Å². The zero-order valence-electron chi connectivity index (χ0n) is 12.5. The lowest BCUT2D eigenvalue weighted by molar-refractivity contribution is 0.176. The molecule has 0 aliphatic carbocycles. The maximum Gasteiger partial charge on any atom is 0.0529 e. The minimum absolute atomic E-state index is 0.535. The first-order valence-electron chi connectivity index (χ1n) is 7.60. The third kappa shape index (κ3) is 4.20. The Morgan fingerprint density at radius 2 is 2.11 bits per heavy atom. The molecule has 1 N–H and O–H groups in total. The zero-order valence-corrected chi connectivity index (χ0v) is 12.5. The maximum absolute atomic E-state index is 4.34. The molecule has 1 fully saturated rings. The average Bonchev–Trinajstić information content (AvgIpc) is 2.42. The van der Waals surface area contributed by atoms with Crippen LogP contribution in [0.2, 0.25) is 0 Å². The molecule has 0 amide bonds. The molecular weight excluding hydrogens is 234 g/mol. The highest BCUT2D eigenvalue weighted by molar-refractivity contribution is 5.41. The number of piperidine rings is 1. The Morgan fingerprint density at radius 1 is 1.37 bits per heavy atom. The van der Waals surface area contributed by atoms with E-state index < -0.39 is 0 Å². The summed E-state index contributed by atoms with van der Waals surface area (Å²) < 4.78 is 0. The third-order valence-corrected chi connectivity index (χ3v) is 4.18. The van der Waals surface area contributed by atoms with Crippen LogP contribution in [-0.4, -0.2) is 35.6 Å². The normalized spacial score (nSPS) is 19.3. The Kier molecular flexibility index (Phi) is 5.20. The Hall–Kier alpha value is -1.09. The van der Waals surface area contributed by atoms with Crippen LogP contribution in [0.1, 0.15) is 38.8 Å². The van der Waals surface area contributed by atoms with Gasteiger partial charge < -0.3 is 10.2 Å². The van der Waals surface area contributed by atoms with Crippen LogP contribution in [0.4, 0.5) is 5.69 Å². The van der Waals surface area contributed by atoms with Crippen LogP contribution in [0, 0.1) is 12.8 Å². The molecule has 0 bridgehead atoms. The van der Waals surface area contributed by atoms with Gasteiger partial charge in [0.25, 0.3) is 0 Å². The molecule has 1 saturated heterocycles. The van der Waals surface area contributed by atoms with E-state index in [4.69, 9.17) is 0 Å². The summed E-state index contributed by atoms with van der Waals surface area (Å²) in [5, 5.41) is 3.60. The lowest BCUT2D eigenvalue weighted by atomic mass is 9.90. The number of hydrogen-bond donors (Lipinski definition) is 1.